The van der Waals surface area contributed by atoms with Crippen LogP contribution in [0.15, 0.2) is 30.3 Å². The second-order valence-electron chi connectivity index (χ2n) is 4.81. The summed E-state index contributed by atoms with van der Waals surface area (Å²) >= 11 is 0. The number of hydrogen-bond acceptors (Lipinski definition) is 6. The van der Waals surface area contributed by atoms with Crippen LogP contribution in [0.25, 0.3) is 0 Å². The molecule has 12 heteroatoms. The van der Waals surface area contributed by atoms with E-state index in [1.54, 1.807) is 0 Å². The maximum atomic E-state index is 8.74. The Labute approximate surface area is 149 Å². The molecule has 0 heterocycles. The van der Waals surface area contributed by atoms with Crippen LogP contribution in [0.4, 0.5) is 0 Å². The second-order valence-corrected chi connectivity index (χ2v) is 6.56. The Bertz CT molecular complexity index is 590. The van der Waals surface area contributed by atoms with Crippen molar-refractivity contribution in [1.82, 2.24) is 6.15 Å². The quantitative estimate of drug-likeness (QED) is 0.321. The van der Waals surface area contributed by atoms with Gasteiger partial charge >= 0.3 is 10.4 Å². The summed E-state index contributed by atoms with van der Waals surface area (Å²) in [5.41, 5.74) is 1.46. The first-order chi connectivity index (χ1) is 10.8. The Morgan fingerprint density at radius 3 is 1.40 bits per heavy atom. The predicted molar refractivity (Wildman–Crippen MR) is 93.6 cm³/mol. The van der Waals surface area contributed by atoms with Crippen LogP contribution < -0.4 is 6.15 Å². The van der Waals surface area contributed by atoms with Crippen molar-refractivity contribution < 1.29 is 39.5 Å². The third-order valence-corrected chi connectivity index (χ3v) is 3.37. The highest BCUT2D eigenvalue weighted by Gasteiger charge is 2.20. The lowest BCUT2D eigenvalue weighted by Gasteiger charge is -2.35. The molecule has 0 fully saturated rings. The maximum absolute atomic E-state index is 8.74. The van der Waals surface area contributed by atoms with Gasteiger partial charge in [-0.1, -0.05) is 30.3 Å². The molecule has 0 aromatic heterocycles. The fraction of sp³-hybridized carbons (Fsp3) is 0.538. The van der Waals surface area contributed by atoms with Gasteiger partial charge in [0.05, 0.1) is 19.6 Å². The van der Waals surface area contributed by atoms with Crippen LogP contribution in [-0.4, -0.2) is 59.2 Å². The molecule has 0 aliphatic carbocycles. The molecule has 0 unspecified atom stereocenters. The Balaban J connectivity index is -0.000000368. The predicted octanol–water partition coefficient (Wildman–Crippen LogP) is 1.58. The van der Waals surface area contributed by atoms with Gasteiger partial charge in [-0.2, -0.15) is 8.42 Å². The first kappa shape index (κ1) is 28.7. The molecule has 0 spiro atoms. The molecule has 6 N–H and O–H groups in total. The molecule has 1 aromatic carbocycles. The minimum atomic E-state index is -4.92. The van der Waals surface area contributed by atoms with Gasteiger partial charge in [0.2, 0.25) is 10.4 Å². The van der Waals surface area contributed by atoms with Crippen LogP contribution in [0.1, 0.15) is 26.3 Å². The maximum Gasteiger partial charge on any atom is 0.394 e. The van der Waals surface area contributed by atoms with Crippen LogP contribution >= 0.6 is 0 Å². The molecule has 10 nitrogen and oxygen atoms in total. The van der Waals surface area contributed by atoms with E-state index in [9.17, 15) is 0 Å². The fourth-order valence-electron chi connectivity index (χ4n) is 1.98. The molecule has 25 heavy (non-hydrogen) atoms. The van der Waals surface area contributed by atoms with Gasteiger partial charge in [0, 0.05) is 5.56 Å². The normalized spacial score (nSPS) is 11.2. The topological polar surface area (TPSA) is 187 Å². The van der Waals surface area contributed by atoms with Crippen molar-refractivity contribution in [2.45, 2.75) is 27.3 Å². The Hall–Kier alpha value is -1.12. The highest BCUT2D eigenvalue weighted by Crippen LogP contribution is 2.13. The van der Waals surface area contributed by atoms with Crippen molar-refractivity contribution in [3.63, 3.8) is 0 Å². The van der Waals surface area contributed by atoms with Crippen molar-refractivity contribution in [2.24, 2.45) is 0 Å². The van der Waals surface area contributed by atoms with Gasteiger partial charge in [0.15, 0.2) is 0 Å². The van der Waals surface area contributed by atoms with Crippen LogP contribution in [0.2, 0.25) is 0 Å². The molecule has 0 saturated carbocycles. The number of quaternary nitrogens is 1. The number of nitrogens with zero attached hydrogens (tertiary/aromatic N) is 1. The molecule has 150 valence electrons. The molecule has 1 rings (SSSR count). The van der Waals surface area contributed by atoms with Crippen molar-refractivity contribution in [3.8, 4) is 0 Å². The average Bonchev–Trinajstić information content (AvgIpc) is 2.42. The average molecular weight is 405 g/mol. The number of rotatable bonds is 5. The minimum Gasteiger partial charge on any atom is -0.726 e. The lowest BCUT2D eigenvalue weighted by Crippen LogP contribution is -2.46. The lowest BCUT2D eigenvalue weighted by atomic mass is 10.2. The van der Waals surface area contributed by atoms with E-state index in [2.05, 4.69) is 51.1 Å². The van der Waals surface area contributed by atoms with E-state index in [1.165, 1.54) is 36.2 Å². The van der Waals surface area contributed by atoms with Crippen LogP contribution in [0, 0.1) is 0 Å². The molecule has 1 aromatic rings. The molecule has 0 saturated heterocycles. The summed E-state index contributed by atoms with van der Waals surface area (Å²) in [5, 5.41) is 0. The van der Waals surface area contributed by atoms with E-state index in [1.807, 2.05) is 0 Å². The van der Waals surface area contributed by atoms with Crippen molar-refractivity contribution in [3.05, 3.63) is 35.9 Å². The summed E-state index contributed by atoms with van der Waals surface area (Å²) in [6.07, 6.45) is 0. The van der Waals surface area contributed by atoms with E-state index in [0.717, 1.165) is 0 Å². The van der Waals surface area contributed by atoms with Gasteiger partial charge in [0.25, 0.3) is 0 Å². The van der Waals surface area contributed by atoms with Gasteiger partial charge in [-0.15, -0.1) is 0 Å². The monoisotopic (exact) mass is 404 g/mol. The third-order valence-electron chi connectivity index (χ3n) is 3.37. The summed E-state index contributed by atoms with van der Waals surface area (Å²) in [6, 6.07) is 10.8. The van der Waals surface area contributed by atoms with Crippen LogP contribution in [0.5, 0.6) is 0 Å². The SMILES string of the molecule is CC[N+](CC)(CC)Cc1ccccc1.N.O=S(=O)(O)O.O=S(=O)([O-])O. The molecule has 0 aliphatic heterocycles. The Kier molecular flexibility index (Phi) is 15.1. The summed E-state index contributed by atoms with van der Waals surface area (Å²) in [5.74, 6) is 0. The standard InChI is InChI=1S/C13H22N.H3N.2H2O4S/c1-4-14(5-2,6-3)12-13-10-8-7-9-11-13;;2*1-5(2,3)4/h7-11H,4-6,12H2,1-3H3;1H3;2*(H2,1,2,3,4)/q+1;;;/p-1. The van der Waals surface area contributed by atoms with Gasteiger partial charge in [0.1, 0.15) is 6.54 Å². The Morgan fingerprint density at radius 1 is 0.880 bits per heavy atom. The molecular weight excluding hydrogens is 376 g/mol. The summed E-state index contributed by atoms with van der Waals surface area (Å²) in [7, 11) is -9.58. The highest BCUT2D eigenvalue weighted by atomic mass is 32.3. The van der Waals surface area contributed by atoms with E-state index in [0.29, 0.717) is 0 Å². The van der Waals surface area contributed by atoms with Crippen LogP contribution in [-0.2, 0) is 27.3 Å². The zero-order chi connectivity index (χ0) is 19.4. The van der Waals surface area contributed by atoms with Gasteiger partial charge < -0.3 is 15.2 Å². The molecule has 0 radical (unpaired) electrons. The first-order valence-electron chi connectivity index (χ1n) is 7.03. The molecule has 0 aliphatic rings. The number of hydrogen-bond donors (Lipinski definition) is 4. The van der Waals surface area contributed by atoms with Crippen LogP contribution in [0.3, 0.4) is 0 Å². The van der Waals surface area contributed by atoms with E-state index >= 15 is 0 Å². The van der Waals surface area contributed by atoms with Gasteiger partial charge in [-0.25, -0.2) is 8.42 Å². The minimum absolute atomic E-state index is 0. The molecular formula is C13H28N2O8S2. The largest absolute Gasteiger partial charge is 0.726 e. The van der Waals surface area contributed by atoms with Crippen molar-refractivity contribution in [1.29, 1.82) is 0 Å². The fourth-order valence-corrected chi connectivity index (χ4v) is 1.98. The second kappa shape index (κ2) is 13.1. The van der Waals surface area contributed by atoms with Gasteiger partial charge in [-0.3, -0.25) is 13.7 Å². The lowest BCUT2D eigenvalue weighted by molar-refractivity contribution is -0.936. The van der Waals surface area contributed by atoms with Crippen molar-refractivity contribution >= 4 is 20.8 Å². The van der Waals surface area contributed by atoms with Gasteiger partial charge in [-0.05, 0) is 20.8 Å². The first-order valence-corrected chi connectivity index (χ1v) is 9.79. The molecule has 0 amide bonds. The summed E-state index contributed by atoms with van der Waals surface area (Å²) < 4.78 is 65.6. The molecule has 0 atom stereocenters. The summed E-state index contributed by atoms with van der Waals surface area (Å²) in [4.78, 5) is 0. The third kappa shape index (κ3) is 22.9. The smallest absolute Gasteiger partial charge is 0.394 e. The zero-order valence-electron chi connectivity index (χ0n) is 14.6. The van der Waals surface area contributed by atoms with E-state index in [4.69, 9.17) is 35.0 Å². The van der Waals surface area contributed by atoms with Crippen molar-refractivity contribution in [2.75, 3.05) is 19.6 Å². The highest BCUT2D eigenvalue weighted by molar-refractivity contribution is 7.80. The van der Waals surface area contributed by atoms with E-state index < -0.39 is 20.8 Å². The summed E-state index contributed by atoms with van der Waals surface area (Å²) in [6.45, 7) is 11.7. The van der Waals surface area contributed by atoms with E-state index in [-0.39, 0.29) is 6.15 Å². The zero-order valence-corrected chi connectivity index (χ0v) is 16.2. The Morgan fingerprint density at radius 2 is 1.16 bits per heavy atom. The number of benzene rings is 1. The molecule has 0 bridgehead atoms.